The lowest BCUT2D eigenvalue weighted by atomic mass is 9.82. The minimum absolute atomic E-state index is 0.0886. The highest BCUT2D eigenvalue weighted by Crippen LogP contribution is 2.53. The van der Waals surface area contributed by atoms with Gasteiger partial charge in [0.05, 0.1) is 63.2 Å². The molecule has 1 unspecified atom stereocenters. The van der Waals surface area contributed by atoms with Crippen LogP contribution in [0.25, 0.3) is 33.6 Å². The van der Waals surface area contributed by atoms with E-state index in [1.165, 1.54) is 48.0 Å². The number of aromatic nitrogens is 4. The number of ether oxygens (including phenoxy) is 2. The molecule has 1 spiro atoms. The van der Waals surface area contributed by atoms with E-state index in [9.17, 15) is 23.6 Å². The van der Waals surface area contributed by atoms with E-state index in [1.54, 1.807) is 12.4 Å². The van der Waals surface area contributed by atoms with Crippen molar-refractivity contribution in [1.82, 2.24) is 40.4 Å². The molecule has 8 rings (SSSR count). The third-order valence-corrected chi connectivity index (χ3v) is 13.7. The number of aromatic amines is 2. The van der Waals surface area contributed by atoms with Crippen molar-refractivity contribution in [3.63, 3.8) is 0 Å². The molecule has 1 saturated carbocycles. The van der Waals surface area contributed by atoms with Crippen molar-refractivity contribution in [2.24, 2.45) is 17.3 Å². The first kappa shape index (κ1) is 43.8. The fraction of sp³-hybridized carbons (Fsp3) is 0.532. The third-order valence-electron chi connectivity index (χ3n) is 13.7. The molecule has 4 amide bonds. The Morgan fingerprint density at radius 2 is 1.13 bits per heavy atom. The SMILES string of the molecule is COC(=O)N[C@H](C(=O)N1C[C@H](F)C[C@H]1c1ncc(-c2ccc(-c3ccc(-c4cnc([C@@H]5CC(F)CN5C(=O)[C@@H](NC(=O)OC)C(C)C)[nH]4)c4c3CC3(CCCC3)C4)cc2)[nH]1)C(C)C. The number of hydrogen-bond acceptors (Lipinski definition) is 8. The fourth-order valence-electron chi connectivity index (χ4n) is 10.4. The van der Waals surface area contributed by atoms with Crippen LogP contribution in [0.2, 0.25) is 0 Å². The molecule has 2 aromatic heterocycles. The van der Waals surface area contributed by atoms with E-state index in [0.29, 0.717) is 11.6 Å². The molecule has 336 valence electrons. The van der Waals surface area contributed by atoms with Gasteiger partial charge in [0, 0.05) is 18.4 Å². The molecule has 2 aromatic carbocycles. The molecule has 4 aliphatic rings. The van der Waals surface area contributed by atoms with Crippen LogP contribution in [0, 0.1) is 17.3 Å². The van der Waals surface area contributed by atoms with Crippen LogP contribution in [-0.2, 0) is 31.9 Å². The summed E-state index contributed by atoms with van der Waals surface area (Å²) in [6.45, 7) is 7.09. The van der Waals surface area contributed by atoms with Crippen molar-refractivity contribution < 1.29 is 37.4 Å². The van der Waals surface area contributed by atoms with Crippen LogP contribution in [-0.4, -0.2) is 105 Å². The lowest BCUT2D eigenvalue weighted by molar-refractivity contribution is -0.136. The highest BCUT2D eigenvalue weighted by molar-refractivity contribution is 5.87. The van der Waals surface area contributed by atoms with Crippen molar-refractivity contribution in [3.8, 4) is 33.6 Å². The number of fused-ring (bicyclic) bond motifs is 1. The van der Waals surface area contributed by atoms with Gasteiger partial charge in [0.15, 0.2) is 0 Å². The first-order chi connectivity index (χ1) is 30.2. The molecule has 4 aromatic rings. The summed E-state index contributed by atoms with van der Waals surface area (Å²) in [5.41, 5.74) is 8.50. The van der Waals surface area contributed by atoms with Crippen molar-refractivity contribution in [3.05, 3.63) is 71.6 Å². The first-order valence-electron chi connectivity index (χ1n) is 22.1. The van der Waals surface area contributed by atoms with E-state index in [-0.39, 0.29) is 55.0 Å². The van der Waals surface area contributed by atoms with Gasteiger partial charge in [-0.05, 0) is 70.8 Å². The average Bonchev–Trinajstić information content (AvgIpc) is 4.14. The smallest absolute Gasteiger partial charge is 0.407 e. The lowest BCUT2D eigenvalue weighted by Crippen LogP contribution is -2.51. The van der Waals surface area contributed by atoms with Crippen molar-refractivity contribution in [2.45, 2.75) is 116 Å². The maximum Gasteiger partial charge on any atom is 0.407 e. The van der Waals surface area contributed by atoms with Crippen molar-refractivity contribution >= 4 is 24.0 Å². The molecule has 2 aliphatic carbocycles. The Kier molecular flexibility index (Phi) is 12.4. The largest absolute Gasteiger partial charge is 0.453 e. The normalized spacial score (nSPS) is 22.4. The van der Waals surface area contributed by atoms with E-state index in [0.717, 1.165) is 59.3 Å². The first-order valence-corrected chi connectivity index (χ1v) is 22.1. The van der Waals surface area contributed by atoms with Crippen LogP contribution in [0.3, 0.4) is 0 Å². The second-order valence-electron chi connectivity index (χ2n) is 18.5. The molecule has 3 fully saturated rings. The minimum Gasteiger partial charge on any atom is -0.453 e. The van der Waals surface area contributed by atoms with E-state index in [1.807, 2.05) is 39.8 Å². The van der Waals surface area contributed by atoms with Crippen molar-refractivity contribution in [1.29, 1.82) is 0 Å². The zero-order chi connectivity index (χ0) is 44.7. The Hall–Kier alpha value is -5.80. The fourth-order valence-corrected chi connectivity index (χ4v) is 10.4. The summed E-state index contributed by atoms with van der Waals surface area (Å²) in [7, 11) is 2.47. The van der Waals surface area contributed by atoms with E-state index in [4.69, 9.17) is 14.5 Å². The number of alkyl carbamates (subject to hydrolysis) is 2. The summed E-state index contributed by atoms with van der Waals surface area (Å²) in [4.78, 5) is 70.7. The number of nitrogens with one attached hydrogen (secondary N) is 4. The number of carbonyl (C=O) groups excluding carboxylic acids is 4. The maximum absolute atomic E-state index is 15.1. The van der Waals surface area contributed by atoms with Gasteiger partial charge in [-0.25, -0.2) is 28.3 Å². The molecule has 4 N–H and O–H groups in total. The zero-order valence-electron chi connectivity index (χ0n) is 36.8. The number of amides is 4. The highest BCUT2D eigenvalue weighted by Gasteiger charge is 2.45. The number of alkyl halides is 2. The maximum atomic E-state index is 15.1. The second-order valence-corrected chi connectivity index (χ2v) is 18.5. The van der Waals surface area contributed by atoms with Gasteiger partial charge in [0.2, 0.25) is 11.8 Å². The van der Waals surface area contributed by atoms with Gasteiger partial charge >= 0.3 is 12.2 Å². The van der Waals surface area contributed by atoms with E-state index >= 15 is 4.39 Å². The Morgan fingerprint density at radius 3 is 1.62 bits per heavy atom. The Balaban J connectivity index is 1.04. The van der Waals surface area contributed by atoms with Crippen LogP contribution in [0.5, 0.6) is 0 Å². The number of likely N-dealkylation sites (tertiary alicyclic amines) is 2. The molecule has 63 heavy (non-hydrogen) atoms. The van der Waals surface area contributed by atoms with Crippen LogP contribution in [0.1, 0.15) is 101 Å². The third kappa shape index (κ3) is 8.64. The molecular formula is C47H58F2N8O6. The second kappa shape index (κ2) is 17.8. The quantitative estimate of drug-likeness (QED) is 0.118. The Labute approximate surface area is 366 Å². The number of carbonyl (C=O) groups is 4. The van der Waals surface area contributed by atoms with Crippen LogP contribution in [0.4, 0.5) is 18.4 Å². The number of imidazole rings is 2. The van der Waals surface area contributed by atoms with Crippen LogP contribution < -0.4 is 10.6 Å². The topological polar surface area (TPSA) is 175 Å². The summed E-state index contributed by atoms with van der Waals surface area (Å²) < 4.78 is 39.5. The monoisotopic (exact) mass is 868 g/mol. The molecule has 0 bridgehead atoms. The van der Waals surface area contributed by atoms with Gasteiger partial charge in [0.25, 0.3) is 0 Å². The minimum atomic E-state index is -1.23. The standard InChI is InChI=1S/C47H58F2N8O6/c1-25(2)39(54-45(60)62-5)43(58)56-23-29(48)17-37(56)41-50-21-35(52-41)28-11-9-27(10-12-28)31-13-14-32(34-20-47(19-33(31)34)15-7-8-16-47)36-22-51-42(53-36)38-18-30(49)24-57(38)44(59)40(26(3)4)55-46(61)63-6/h9-14,21-22,25-26,29-30,37-40H,7-8,15-20,23-24H2,1-6H3,(H,50,52)(H,51,53)(H,54,60)(H,55,61)/t29-,30?,37+,38+,39+,40+/m1/s1. The zero-order valence-corrected chi connectivity index (χ0v) is 36.8. The average molecular weight is 869 g/mol. The molecular weight excluding hydrogens is 811 g/mol. The predicted octanol–water partition coefficient (Wildman–Crippen LogP) is 7.78. The number of hydrogen-bond donors (Lipinski definition) is 4. The molecule has 4 heterocycles. The predicted molar refractivity (Wildman–Crippen MR) is 232 cm³/mol. The summed E-state index contributed by atoms with van der Waals surface area (Å²) in [5, 5.41) is 5.23. The summed E-state index contributed by atoms with van der Waals surface area (Å²) in [6, 6.07) is 9.59. The number of H-pyrrole nitrogens is 2. The van der Waals surface area contributed by atoms with E-state index in [2.05, 4.69) is 49.9 Å². The van der Waals surface area contributed by atoms with Gasteiger partial charge < -0.3 is 39.9 Å². The van der Waals surface area contributed by atoms with Crippen molar-refractivity contribution in [2.75, 3.05) is 27.3 Å². The number of halogens is 2. The number of rotatable bonds is 11. The number of nitrogens with zero attached hydrogens (tertiary/aromatic N) is 4. The molecule has 6 atom stereocenters. The van der Waals surface area contributed by atoms with E-state index < -0.39 is 48.7 Å². The Morgan fingerprint density at radius 1 is 0.683 bits per heavy atom. The molecule has 0 radical (unpaired) electrons. The highest BCUT2D eigenvalue weighted by atomic mass is 19.1. The summed E-state index contributed by atoms with van der Waals surface area (Å²) in [5.74, 6) is -0.269. The van der Waals surface area contributed by atoms with Gasteiger partial charge in [0.1, 0.15) is 36.1 Å². The van der Waals surface area contributed by atoms with Gasteiger partial charge in [-0.1, -0.05) is 76.9 Å². The summed E-state index contributed by atoms with van der Waals surface area (Å²) >= 11 is 0. The van der Waals surface area contributed by atoms with Gasteiger partial charge in [-0.2, -0.15) is 0 Å². The Bertz CT molecular complexity index is 2340. The molecule has 2 aliphatic heterocycles. The van der Waals surface area contributed by atoms with Gasteiger partial charge in [-0.3, -0.25) is 9.59 Å². The lowest BCUT2D eigenvalue weighted by Gasteiger charge is -2.29. The van der Waals surface area contributed by atoms with Crippen LogP contribution in [0.15, 0.2) is 48.8 Å². The van der Waals surface area contributed by atoms with Gasteiger partial charge in [-0.15, -0.1) is 0 Å². The number of methoxy groups -OCH3 is 2. The number of benzene rings is 2. The molecule has 16 heteroatoms. The van der Waals surface area contributed by atoms with Crippen LogP contribution >= 0.6 is 0 Å². The summed E-state index contributed by atoms with van der Waals surface area (Å²) in [6.07, 6.45) is 6.42. The molecule has 2 saturated heterocycles. The molecule has 14 nitrogen and oxygen atoms in total.